The Kier molecular flexibility index (Phi) is 5.26. The van der Waals surface area contributed by atoms with E-state index in [-0.39, 0.29) is 24.5 Å². The van der Waals surface area contributed by atoms with Crippen LogP contribution in [-0.2, 0) is 0 Å². The summed E-state index contributed by atoms with van der Waals surface area (Å²) in [6.07, 6.45) is 4.06. The fraction of sp³-hybridized carbons (Fsp3) is 0.533. The molecular weight excluding hydrogens is 278 g/mol. The minimum Gasteiger partial charge on any atom is -0.496 e. The van der Waals surface area contributed by atoms with E-state index >= 15 is 0 Å². The lowest BCUT2D eigenvalue weighted by Gasteiger charge is -2.31. The number of aliphatic hydroxyl groups is 1. The molecule has 110 valence electrons. The van der Waals surface area contributed by atoms with Crippen LogP contribution in [0.25, 0.3) is 0 Å². The maximum atomic E-state index is 12.3. The Bertz CT molecular complexity index is 478. The molecule has 1 aromatic carbocycles. The average Bonchev–Trinajstić information content (AvgIpc) is 2.47. The zero-order valence-corrected chi connectivity index (χ0v) is 12.3. The van der Waals surface area contributed by atoms with E-state index in [1.54, 1.807) is 18.2 Å². The Morgan fingerprint density at radius 1 is 1.45 bits per heavy atom. The number of nitrogens with one attached hydrogen (secondary N) is 1. The van der Waals surface area contributed by atoms with Gasteiger partial charge in [-0.1, -0.05) is 24.4 Å². The van der Waals surface area contributed by atoms with Gasteiger partial charge < -0.3 is 15.2 Å². The molecule has 1 aliphatic rings. The Morgan fingerprint density at radius 2 is 2.20 bits per heavy atom. The lowest BCUT2D eigenvalue weighted by molar-refractivity contribution is 0.0869. The number of carbonyl (C=O) groups is 1. The van der Waals surface area contributed by atoms with E-state index in [9.17, 15) is 9.90 Å². The first kappa shape index (κ1) is 15.1. The summed E-state index contributed by atoms with van der Waals surface area (Å²) in [5, 5.41) is 12.9. The third kappa shape index (κ3) is 3.44. The SMILES string of the molecule is COc1cc(Cl)ccc1C(=O)NC1CCCCC1CO. The lowest BCUT2D eigenvalue weighted by Crippen LogP contribution is -2.43. The summed E-state index contributed by atoms with van der Waals surface area (Å²) < 4.78 is 5.19. The minimum absolute atomic E-state index is 0.0293. The molecule has 0 saturated heterocycles. The average molecular weight is 298 g/mol. The molecule has 0 aliphatic heterocycles. The highest BCUT2D eigenvalue weighted by molar-refractivity contribution is 6.30. The zero-order chi connectivity index (χ0) is 14.5. The first-order valence-corrected chi connectivity index (χ1v) is 7.28. The largest absolute Gasteiger partial charge is 0.496 e. The predicted molar refractivity (Wildman–Crippen MR) is 78.3 cm³/mol. The van der Waals surface area contributed by atoms with Gasteiger partial charge in [0.05, 0.1) is 12.7 Å². The van der Waals surface area contributed by atoms with E-state index in [0.717, 1.165) is 25.7 Å². The van der Waals surface area contributed by atoms with Crippen LogP contribution in [-0.4, -0.2) is 30.8 Å². The standard InChI is InChI=1S/C15H20ClNO3/c1-20-14-8-11(16)6-7-12(14)15(19)17-13-5-3-2-4-10(13)9-18/h6-8,10,13,18H,2-5,9H2,1H3,(H,17,19). The van der Waals surface area contributed by atoms with E-state index in [2.05, 4.69) is 5.32 Å². The van der Waals surface area contributed by atoms with E-state index in [1.807, 2.05) is 0 Å². The number of halogens is 1. The van der Waals surface area contributed by atoms with Gasteiger partial charge in [0.25, 0.3) is 5.91 Å². The van der Waals surface area contributed by atoms with Crippen molar-refractivity contribution >= 4 is 17.5 Å². The predicted octanol–water partition coefficient (Wildman–Crippen LogP) is 2.63. The van der Waals surface area contributed by atoms with Crippen LogP contribution in [0.4, 0.5) is 0 Å². The molecule has 1 saturated carbocycles. The first-order valence-electron chi connectivity index (χ1n) is 6.91. The summed E-state index contributed by atoms with van der Waals surface area (Å²) in [4.78, 5) is 12.3. The Morgan fingerprint density at radius 3 is 2.90 bits per heavy atom. The summed E-state index contributed by atoms with van der Waals surface area (Å²) >= 11 is 5.89. The molecule has 2 unspecified atom stereocenters. The van der Waals surface area contributed by atoms with Crippen LogP contribution < -0.4 is 10.1 Å². The molecule has 20 heavy (non-hydrogen) atoms. The van der Waals surface area contributed by atoms with Gasteiger partial charge in [0.1, 0.15) is 5.75 Å². The first-order chi connectivity index (χ1) is 9.65. The number of methoxy groups -OCH3 is 1. The maximum absolute atomic E-state index is 12.3. The fourth-order valence-corrected chi connectivity index (χ4v) is 2.88. The summed E-state index contributed by atoms with van der Waals surface area (Å²) in [5.74, 6) is 0.432. The second-order valence-electron chi connectivity index (χ2n) is 5.15. The Labute approximate surface area is 124 Å². The van der Waals surface area contributed by atoms with Gasteiger partial charge in [-0.15, -0.1) is 0 Å². The summed E-state index contributed by atoms with van der Waals surface area (Å²) in [6, 6.07) is 4.99. The zero-order valence-electron chi connectivity index (χ0n) is 11.6. The van der Waals surface area contributed by atoms with Crippen molar-refractivity contribution in [3.63, 3.8) is 0 Å². The molecule has 0 spiro atoms. The molecule has 2 N–H and O–H groups in total. The van der Waals surface area contributed by atoms with E-state index in [1.165, 1.54) is 7.11 Å². The molecule has 1 fully saturated rings. The normalized spacial score (nSPS) is 22.4. The van der Waals surface area contributed by atoms with Crippen molar-refractivity contribution in [2.45, 2.75) is 31.7 Å². The smallest absolute Gasteiger partial charge is 0.255 e. The number of hydrogen-bond donors (Lipinski definition) is 2. The van der Waals surface area contributed by atoms with Crippen molar-refractivity contribution in [3.8, 4) is 5.75 Å². The molecule has 1 aromatic rings. The van der Waals surface area contributed by atoms with Gasteiger partial charge in [0, 0.05) is 23.6 Å². The van der Waals surface area contributed by atoms with Crippen LogP contribution in [0.1, 0.15) is 36.0 Å². The molecule has 2 rings (SSSR count). The van der Waals surface area contributed by atoms with Crippen LogP contribution >= 0.6 is 11.6 Å². The third-order valence-electron chi connectivity index (χ3n) is 3.87. The second-order valence-corrected chi connectivity index (χ2v) is 5.59. The summed E-state index contributed by atoms with van der Waals surface area (Å²) in [7, 11) is 1.51. The van der Waals surface area contributed by atoms with Crippen LogP contribution in [0, 0.1) is 5.92 Å². The van der Waals surface area contributed by atoms with Crippen LogP contribution in [0.5, 0.6) is 5.75 Å². The van der Waals surface area contributed by atoms with Gasteiger partial charge in [-0.05, 0) is 31.0 Å². The Balaban J connectivity index is 2.11. The van der Waals surface area contributed by atoms with Crippen molar-refractivity contribution < 1.29 is 14.6 Å². The van der Waals surface area contributed by atoms with Crippen LogP contribution in [0.15, 0.2) is 18.2 Å². The monoisotopic (exact) mass is 297 g/mol. The van der Waals surface area contributed by atoms with Gasteiger partial charge in [0.15, 0.2) is 0 Å². The fourth-order valence-electron chi connectivity index (χ4n) is 2.71. The topological polar surface area (TPSA) is 58.6 Å². The van der Waals surface area contributed by atoms with Gasteiger partial charge >= 0.3 is 0 Å². The van der Waals surface area contributed by atoms with Crippen molar-refractivity contribution in [3.05, 3.63) is 28.8 Å². The van der Waals surface area contributed by atoms with E-state index in [4.69, 9.17) is 16.3 Å². The van der Waals surface area contributed by atoms with Gasteiger partial charge in [0.2, 0.25) is 0 Å². The molecule has 5 heteroatoms. The van der Waals surface area contributed by atoms with Crippen LogP contribution in [0.2, 0.25) is 5.02 Å². The van der Waals surface area contributed by atoms with E-state index in [0.29, 0.717) is 16.3 Å². The molecule has 4 nitrogen and oxygen atoms in total. The molecule has 0 radical (unpaired) electrons. The van der Waals surface area contributed by atoms with Crippen molar-refractivity contribution in [2.24, 2.45) is 5.92 Å². The van der Waals surface area contributed by atoms with Crippen LogP contribution in [0.3, 0.4) is 0 Å². The minimum atomic E-state index is -0.177. The maximum Gasteiger partial charge on any atom is 0.255 e. The van der Waals surface area contributed by atoms with Crippen molar-refractivity contribution in [2.75, 3.05) is 13.7 Å². The summed E-state index contributed by atoms with van der Waals surface area (Å²) in [6.45, 7) is 0.114. The number of hydrogen-bond acceptors (Lipinski definition) is 3. The molecule has 0 heterocycles. The molecule has 2 atom stereocenters. The number of aliphatic hydroxyl groups excluding tert-OH is 1. The molecule has 0 aromatic heterocycles. The number of benzene rings is 1. The van der Waals surface area contributed by atoms with Gasteiger partial charge in [-0.3, -0.25) is 4.79 Å². The van der Waals surface area contributed by atoms with Gasteiger partial charge in [-0.2, -0.15) is 0 Å². The number of ether oxygens (including phenoxy) is 1. The number of carbonyl (C=O) groups excluding carboxylic acids is 1. The highest BCUT2D eigenvalue weighted by Gasteiger charge is 2.26. The third-order valence-corrected chi connectivity index (χ3v) is 4.10. The molecular formula is C15H20ClNO3. The summed E-state index contributed by atoms with van der Waals surface area (Å²) in [5.41, 5.74) is 0.471. The molecule has 1 aliphatic carbocycles. The van der Waals surface area contributed by atoms with Crippen molar-refractivity contribution in [1.29, 1.82) is 0 Å². The van der Waals surface area contributed by atoms with Crippen molar-refractivity contribution in [1.82, 2.24) is 5.32 Å². The Hall–Kier alpha value is -1.26. The lowest BCUT2D eigenvalue weighted by atomic mass is 9.85. The highest BCUT2D eigenvalue weighted by atomic mass is 35.5. The number of amides is 1. The number of rotatable bonds is 4. The molecule has 1 amide bonds. The highest BCUT2D eigenvalue weighted by Crippen LogP contribution is 2.26. The second kappa shape index (κ2) is 6.95. The quantitative estimate of drug-likeness (QED) is 0.898. The molecule has 0 bridgehead atoms. The van der Waals surface area contributed by atoms with Gasteiger partial charge in [-0.25, -0.2) is 0 Å². The van der Waals surface area contributed by atoms with E-state index < -0.39 is 0 Å².